The van der Waals surface area contributed by atoms with Gasteiger partial charge in [-0.1, -0.05) is 18.2 Å². The molecule has 1 aromatic carbocycles. The van der Waals surface area contributed by atoms with Crippen LogP contribution >= 0.6 is 0 Å². The van der Waals surface area contributed by atoms with Crippen molar-refractivity contribution in [2.75, 3.05) is 0 Å². The van der Waals surface area contributed by atoms with Crippen LogP contribution in [0.4, 0.5) is 0 Å². The lowest BCUT2D eigenvalue weighted by Gasteiger charge is -2.20. The molecule has 0 bridgehead atoms. The summed E-state index contributed by atoms with van der Waals surface area (Å²) >= 11 is 0. The first-order valence-electron chi connectivity index (χ1n) is 6.38. The van der Waals surface area contributed by atoms with Gasteiger partial charge in [-0.25, -0.2) is 9.48 Å². The van der Waals surface area contributed by atoms with E-state index in [0.29, 0.717) is 5.69 Å². The zero-order valence-electron chi connectivity index (χ0n) is 11.8. The Labute approximate surface area is 117 Å². The van der Waals surface area contributed by atoms with E-state index in [1.165, 1.54) is 6.20 Å². The van der Waals surface area contributed by atoms with E-state index in [4.69, 9.17) is 4.74 Å². The number of ether oxygens (including phenoxy) is 1. The Bertz CT molecular complexity index is 597. The summed E-state index contributed by atoms with van der Waals surface area (Å²) in [5.74, 6) is -1.00. The first-order chi connectivity index (χ1) is 9.38. The molecule has 0 fully saturated rings. The molecule has 2 rings (SSSR count). The smallest absolute Gasteiger partial charge is 0.339 e. The number of benzene rings is 1. The predicted molar refractivity (Wildman–Crippen MR) is 75.1 cm³/mol. The van der Waals surface area contributed by atoms with Crippen molar-refractivity contribution < 1.29 is 14.6 Å². The molecule has 0 atom stereocenters. The SMILES string of the molecule is CC(C)(C)OCc1c(C(=O)O)cnn1-c1ccccc1. The second-order valence-corrected chi connectivity index (χ2v) is 5.46. The molecule has 0 saturated heterocycles. The maximum atomic E-state index is 11.3. The van der Waals surface area contributed by atoms with Crippen LogP contribution < -0.4 is 0 Å². The van der Waals surface area contributed by atoms with Gasteiger partial charge in [0.2, 0.25) is 0 Å². The molecule has 0 spiro atoms. The third-order valence-corrected chi connectivity index (χ3v) is 2.74. The molecule has 20 heavy (non-hydrogen) atoms. The highest BCUT2D eigenvalue weighted by Crippen LogP contribution is 2.19. The Morgan fingerprint density at radius 2 is 1.95 bits per heavy atom. The van der Waals surface area contributed by atoms with Crippen molar-refractivity contribution in [2.45, 2.75) is 33.0 Å². The maximum absolute atomic E-state index is 11.3. The van der Waals surface area contributed by atoms with Gasteiger partial charge in [-0.15, -0.1) is 0 Å². The second-order valence-electron chi connectivity index (χ2n) is 5.46. The molecular weight excluding hydrogens is 256 g/mol. The standard InChI is InChI=1S/C15H18N2O3/c1-15(2,3)20-10-13-12(14(18)19)9-16-17(13)11-7-5-4-6-8-11/h4-9H,10H2,1-3H3,(H,18,19). The molecule has 0 amide bonds. The predicted octanol–water partition coefficient (Wildman–Crippen LogP) is 2.89. The summed E-state index contributed by atoms with van der Waals surface area (Å²) in [6.45, 7) is 5.98. The zero-order valence-corrected chi connectivity index (χ0v) is 11.8. The van der Waals surface area contributed by atoms with Crippen LogP contribution in [0.25, 0.3) is 5.69 Å². The van der Waals surface area contributed by atoms with Crippen LogP contribution in [0.1, 0.15) is 36.8 Å². The number of aromatic carboxylic acids is 1. The Hall–Kier alpha value is -2.14. The van der Waals surface area contributed by atoms with Crippen LogP contribution in [0, 0.1) is 0 Å². The minimum atomic E-state index is -1.00. The monoisotopic (exact) mass is 274 g/mol. The maximum Gasteiger partial charge on any atom is 0.339 e. The number of rotatable bonds is 4. The first-order valence-corrected chi connectivity index (χ1v) is 6.38. The highest BCUT2D eigenvalue weighted by Gasteiger charge is 2.20. The normalized spacial score (nSPS) is 11.6. The number of carbonyl (C=O) groups is 1. The van der Waals surface area contributed by atoms with Crippen molar-refractivity contribution in [3.63, 3.8) is 0 Å². The van der Waals surface area contributed by atoms with E-state index < -0.39 is 5.97 Å². The van der Waals surface area contributed by atoms with Crippen molar-refractivity contribution in [1.29, 1.82) is 0 Å². The number of hydrogen-bond donors (Lipinski definition) is 1. The van der Waals surface area contributed by atoms with Crippen LogP contribution in [-0.2, 0) is 11.3 Å². The van der Waals surface area contributed by atoms with Crippen molar-refractivity contribution in [3.05, 3.63) is 47.8 Å². The summed E-state index contributed by atoms with van der Waals surface area (Å²) in [4.78, 5) is 11.3. The largest absolute Gasteiger partial charge is 0.478 e. The molecule has 0 aliphatic heterocycles. The van der Waals surface area contributed by atoms with Gasteiger partial charge in [-0.3, -0.25) is 0 Å². The molecule has 1 aromatic heterocycles. The lowest BCUT2D eigenvalue weighted by molar-refractivity contribution is -0.0177. The summed E-state index contributed by atoms with van der Waals surface area (Å²) < 4.78 is 7.31. The van der Waals surface area contributed by atoms with Crippen LogP contribution in [0.3, 0.4) is 0 Å². The van der Waals surface area contributed by atoms with Crippen molar-refractivity contribution in [2.24, 2.45) is 0 Å². The molecule has 106 valence electrons. The molecule has 0 aliphatic carbocycles. The fourth-order valence-corrected chi connectivity index (χ4v) is 1.77. The average molecular weight is 274 g/mol. The quantitative estimate of drug-likeness (QED) is 0.931. The van der Waals surface area contributed by atoms with Gasteiger partial charge in [0.25, 0.3) is 0 Å². The van der Waals surface area contributed by atoms with Crippen molar-refractivity contribution in [1.82, 2.24) is 9.78 Å². The number of para-hydroxylation sites is 1. The molecule has 5 nitrogen and oxygen atoms in total. The summed E-state index contributed by atoms with van der Waals surface area (Å²) in [5.41, 5.74) is 1.17. The summed E-state index contributed by atoms with van der Waals surface area (Å²) in [5, 5.41) is 13.4. The van der Waals surface area contributed by atoms with Gasteiger partial charge in [-0.2, -0.15) is 5.10 Å². The van der Waals surface area contributed by atoms with E-state index in [1.807, 2.05) is 51.1 Å². The molecule has 0 radical (unpaired) electrons. The number of carboxylic acid groups (broad SMARTS) is 1. The third-order valence-electron chi connectivity index (χ3n) is 2.74. The average Bonchev–Trinajstić information content (AvgIpc) is 2.80. The molecule has 2 aromatic rings. The highest BCUT2D eigenvalue weighted by molar-refractivity contribution is 5.88. The van der Waals surface area contributed by atoms with Crippen LogP contribution in [0.2, 0.25) is 0 Å². The lowest BCUT2D eigenvalue weighted by Crippen LogP contribution is -2.20. The van der Waals surface area contributed by atoms with E-state index in [0.717, 1.165) is 5.69 Å². The number of nitrogens with zero attached hydrogens (tertiary/aromatic N) is 2. The van der Waals surface area contributed by atoms with Gasteiger partial charge < -0.3 is 9.84 Å². The van der Waals surface area contributed by atoms with Gasteiger partial charge in [0.1, 0.15) is 5.56 Å². The number of aromatic nitrogens is 2. The minimum absolute atomic E-state index is 0.165. The fourth-order valence-electron chi connectivity index (χ4n) is 1.77. The van der Waals surface area contributed by atoms with Crippen molar-refractivity contribution >= 4 is 5.97 Å². The topological polar surface area (TPSA) is 64.3 Å². The zero-order chi connectivity index (χ0) is 14.8. The third kappa shape index (κ3) is 3.24. The summed E-state index contributed by atoms with van der Waals surface area (Å²) in [7, 11) is 0. The van der Waals surface area contributed by atoms with Gasteiger partial charge in [0.15, 0.2) is 0 Å². The van der Waals surface area contributed by atoms with Gasteiger partial charge >= 0.3 is 5.97 Å². The molecular formula is C15H18N2O3. The Morgan fingerprint density at radius 3 is 2.50 bits per heavy atom. The first kappa shape index (κ1) is 14.3. The van der Waals surface area contributed by atoms with Gasteiger partial charge in [0, 0.05) is 0 Å². The molecule has 1 N–H and O–H groups in total. The van der Waals surface area contributed by atoms with E-state index in [1.54, 1.807) is 4.68 Å². The second kappa shape index (κ2) is 5.46. The molecule has 1 heterocycles. The van der Waals surface area contributed by atoms with Gasteiger partial charge in [0.05, 0.1) is 29.8 Å². The molecule has 0 aliphatic rings. The number of hydrogen-bond acceptors (Lipinski definition) is 3. The van der Waals surface area contributed by atoms with Gasteiger partial charge in [-0.05, 0) is 32.9 Å². The summed E-state index contributed by atoms with van der Waals surface area (Å²) in [6, 6.07) is 9.41. The Balaban J connectivity index is 2.40. The molecule has 0 saturated carbocycles. The van der Waals surface area contributed by atoms with E-state index in [2.05, 4.69) is 5.10 Å². The van der Waals surface area contributed by atoms with E-state index in [9.17, 15) is 9.90 Å². The van der Waals surface area contributed by atoms with Crippen LogP contribution in [0.15, 0.2) is 36.5 Å². The Morgan fingerprint density at radius 1 is 1.30 bits per heavy atom. The molecule has 5 heteroatoms. The Kier molecular flexibility index (Phi) is 3.90. The fraction of sp³-hybridized carbons (Fsp3) is 0.333. The summed E-state index contributed by atoms with van der Waals surface area (Å²) in [6.07, 6.45) is 1.36. The minimum Gasteiger partial charge on any atom is -0.478 e. The highest BCUT2D eigenvalue weighted by atomic mass is 16.5. The van der Waals surface area contributed by atoms with Crippen molar-refractivity contribution in [3.8, 4) is 5.69 Å². The van der Waals surface area contributed by atoms with Crippen LogP contribution in [0.5, 0.6) is 0 Å². The molecule has 0 unspecified atom stereocenters. The van der Waals surface area contributed by atoms with Crippen LogP contribution in [-0.4, -0.2) is 26.5 Å². The van der Waals surface area contributed by atoms with E-state index in [-0.39, 0.29) is 17.8 Å². The lowest BCUT2D eigenvalue weighted by atomic mass is 10.2. The van der Waals surface area contributed by atoms with E-state index >= 15 is 0 Å². The number of carboxylic acids is 1.